The molecule has 0 unspecified atom stereocenters. The van der Waals surface area contributed by atoms with E-state index in [1.165, 1.54) is 6.92 Å². The monoisotopic (exact) mass is 170 g/mol. The Hall–Kier alpha value is -1.43. The SMILES string of the molecule is C#Cc1c(F)cc(C)c(F)c1F. The summed E-state index contributed by atoms with van der Waals surface area (Å²) >= 11 is 0. The lowest BCUT2D eigenvalue weighted by atomic mass is 10.1. The van der Waals surface area contributed by atoms with Gasteiger partial charge in [0.1, 0.15) is 5.82 Å². The standard InChI is InChI=1S/C9H5F3/c1-3-6-7(10)4-5(2)8(11)9(6)12/h1,4H,2H3. The minimum absolute atomic E-state index is 0.0935. The van der Waals surface area contributed by atoms with Crippen LogP contribution in [0, 0.1) is 36.7 Å². The van der Waals surface area contributed by atoms with Gasteiger partial charge in [0.2, 0.25) is 0 Å². The minimum atomic E-state index is -1.30. The van der Waals surface area contributed by atoms with Gasteiger partial charge >= 0.3 is 0 Å². The summed E-state index contributed by atoms with van der Waals surface area (Å²) in [5.41, 5.74) is -0.748. The Morgan fingerprint density at radius 3 is 2.33 bits per heavy atom. The minimum Gasteiger partial charge on any atom is -0.205 e. The van der Waals surface area contributed by atoms with Crippen LogP contribution in [-0.2, 0) is 0 Å². The Morgan fingerprint density at radius 1 is 1.25 bits per heavy atom. The van der Waals surface area contributed by atoms with Gasteiger partial charge in [0, 0.05) is 0 Å². The second-order valence-electron chi connectivity index (χ2n) is 2.32. The van der Waals surface area contributed by atoms with Gasteiger partial charge in [-0.15, -0.1) is 6.42 Å². The zero-order valence-electron chi connectivity index (χ0n) is 6.29. The van der Waals surface area contributed by atoms with E-state index >= 15 is 0 Å². The quantitative estimate of drug-likeness (QED) is 0.414. The average Bonchev–Trinajstić information content (AvgIpc) is 2.01. The number of aryl methyl sites for hydroxylation is 1. The third-order valence-electron chi connectivity index (χ3n) is 1.48. The highest BCUT2D eigenvalue weighted by atomic mass is 19.2. The normalized spacial score (nSPS) is 9.58. The number of hydrogen-bond acceptors (Lipinski definition) is 0. The van der Waals surface area contributed by atoms with Crippen LogP contribution in [0.4, 0.5) is 13.2 Å². The molecular formula is C9H5F3. The highest BCUT2D eigenvalue weighted by molar-refractivity contribution is 5.38. The van der Waals surface area contributed by atoms with E-state index in [9.17, 15) is 13.2 Å². The van der Waals surface area contributed by atoms with Crippen molar-refractivity contribution in [1.29, 1.82) is 0 Å². The summed E-state index contributed by atoms with van der Waals surface area (Å²) < 4.78 is 38.2. The fourth-order valence-corrected chi connectivity index (χ4v) is 0.846. The fourth-order valence-electron chi connectivity index (χ4n) is 0.846. The van der Waals surface area contributed by atoms with Crippen molar-refractivity contribution in [1.82, 2.24) is 0 Å². The second-order valence-corrected chi connectivity index (χ2v) is 2.32. The summed E-state index contributed by atoms with van der Waals surface area (Å²) in [4.78, 5) is 0. The Labute approximate surface area is 68.0 Å². The van der Waals surface area contributed by atoms with Crippen LogP contribution in [0.2, 0.25) is 0 Å². The molecule has 0 aromatic heterocycles. The van der Waals surface area contributed by atoms with Gasteiger partial charge in [0.25, 0.3) is 0 Å². The molecule has 0 aliphatic rings. The van der Waals surface area contributed by atoms with E-state index in [4.69, 9.17) is 6.42 Å². The summed E-state index contributed by atoms with van der Waals surface area (Å²) in [6, 6.07) is 0.869. The molecule has 0 aliphatic carbocycles. The Balaban J connectivity index is 3.54. The molecule has 1 aromatic carbocycles. The van der Waals surface area contributed by atoms with Crippen LogP contribution in [0.25, 0.3) is 0 Å². The highest BCUT2D eigenvalue weighted by Gasteiger charge is 2.14. The summed E-state index contributed by atoms with van der Waals surface area (Å²) in [7, 11) is 0. The van der Waals surface area contributed by atoms with Crippen molar-refractivity contribution in [2.75, 3.05) is 0 Å². The smallest absolute Gasteiger partial charge is 0.177 e. The molecule has 0 saturated carbocycles. The van der Waals surface area contributed by atoms with Crippen LogP contribution in [0.5, 0.6) is 0 Å². The largest absolute Gasteiger partial charge is 0.205 e. The highest BCUT2D eigenvalue weighted by Crippen LogP contribution is 2.18. The molecule has 0 heterocycles. The lowest BCUT2D eigenvalue weighted by Gasteiger charge is -2.01. The van der Waals surface area contributed by atoms with E-state index in [1.54, 1.807) is 5.92 Å². The predicted octanol–water partition coefficient (Wildman–Crippen LogP) is 2.39. The lowest BCUT2D eigenvalue weighted by molar-refractivity contribution is 0.486. The summed E-state index contributed by atoms with van der Waals surface area (Å²) in [5.74, 6) is -1.56. The topological polar surface area (TPSA) is 0 Å². The van der Waals surface area contributed by atoms with Gasteiger partial charge in [-0.3, -0.25) is 0 Å². The first kappa shape index (κ1) is 8.66. The molecule has 1 rings (SSSR count). The number of hydrogen-bond donors (Lipinski definition) is 0. The Kier molecular flexibility index (Phi) is 2.09. The van der Waals surface area contributed by atoms with Crippen LogP contribution in [-0.4, -0.2) is 0 Å². The number of benzene rings is 1. The van der Waals surface area contributed by atoms with Gasteiger partial charge in [0.05, 0.1) is 5.56 Å². The molecule has 3 heteroatoms. The first-order valence-electron chi connectivity index (χ1n) is 3.18. The molecule has 0 N–H and O–H groups in total. The molecule has 0 fully saturated rings. The molecule has 1 aromatic rings. The van der Waals surface area contributed by atoms with E-state index < -0.39 is 23.0 Å². The van der Waals surface area contributed by atoms with Crippen molar-refractivity contribution in [3.63, 3.8) is 0 Å². The molecule has 0 radical (unpaired) electrons. The van der Waals surface area contributed by atoms with E-state index in [1.807, 2.05) is 0 Å². The van der Waals surface area contributed by atoms with Crippen molar-refractivity contribution in [2.45, 2.75) is 6.92 Å². The van der Waals surface area contributed by atoms with Gasteiger partial charge in [-0.1, -0.05) is 5.92 Å². The maximum Gasteiger partial charge on any atom is 0.177 e. The fraction of sp³-hybridized carbons (Fsp3) is 0.111. The van der Waals surface area contributed by atoms with Gasteiger partial charge in [-0.25, -0.2) is 13.2 Å². The number of terminal acetylenes is 1. The summed E-state index contributed by atoms with van der Waals surface area (Å²) in [5, 5.41) is 0. The van der Waals surface area contributed by atoms with Crippen LogP contribution >= 0.6 is 0 Å². The third kappa shape index (κ3) is 1.16. The van der Waals surface area contributed by atoms with Gasteiger partial charge < -0.3 is 0 Å². The zero-order valence-corrected chi connectivity index (χ0v) is 6.29. The van der Waals surface area contributed by atoms with Crippen molar-refractivity contribution < 1.29 is 13.2 Å². The van der Waals surface area contributed by atoms with Crippen LogP contribution < -0.4 is 0 Å². The predicted molar refractivity (Wildman–Crippen MR) is 39.0 cm³/mol. The average molecular weight is 170 g/mol. The van der Waals surface area contributed by atoms with Crippen LogP contribution in [0.3, 0.4) is 0 Å². The van der Waals surface area contributed by atoms with Gasteiger partial charge in [-0.2, -0.15) is 0 Å². The molecule has 0 nitrogen and oxygen atoms in total. The molecule has 0 spiro atoms. The van der Waals surface area contributed by atoms with Crippen molar-refractivity contribution in [2.24, 2.45) is 0 Å². The zero-order chi connectivity index (χ0) is 9.30. The van der Waals surface area contributed by atoms with Gasteiger partial charge in [0.15, 0.2) is 11.6 Å². The molecular weight excluding hydrogens is 165 g/mol. The van der Waals surface area contributed by atoms with E-state index in [0.717, 1.165) is 6.07 Å². The van der Waals surface area contributed by atoms with Crippen molar-refractivity contribution in [3.05, 3.63) is 34.6 Å². The number of halogens is 3. The van der Waals surface area contributed by atoms with Crippen LogP contribution in [0.1, 0.15) is 11.1 Å². The van der Waals surface area contributed by atoms with Gasteiger partial charge in [-0.05, 0) is 18.6 Å². The molecule has 0 saturated heterocycles. The van der Waals surface area contributed by atoms with E-state index in [0.29, 0.717) is 0 Å². The Morgan fingerprint density at radius 2 is 1.83 bits per heavy atom. The molecule has 0 aliphatic heterocycles. The first-order chi connectivity index (χ1) is 5.57. The summed E-state index contributed by atoms with van der Waals surface area (Å²) in [6.07, 6.45) is 4.77. The molecule has 62 valence electrons. The third-order valence-corrected chi connectivity index (χ3v) is 1.48. The van der Waals surface area contributed by atoms with Crippen molar-refractivity contribution in [3.8, 4) is 12.3 Å². The van der Waals surface area contributed by atoms with E-state index in [-0.39, 0.29) is 5.56 Å². The molecule has 0 bridgehead atoms. The molecule has 0 amide bonds. The second kappa shape index (κ2) is 2.90. The van der Waals surface area contributed by atoms with Crippen LogP contribution in [0.15, 0.2) is 6.07 Å². The first-order valence-corrected chi connectivity index (χ1v) is 3.18. The Bertz CT molecular complexity index is 361. The molecule has 12 heavy (non-hydrogen) atoms. The maximum atomic E-state index is 12.8. The van der Waals surface area contributed by atoms with Crippen molar-refractivity contribution >= 4 is 0 Å². The summed E-state index contributed by atoms with van der Waals surface area (Å²) in [6.45, 7) is 1.27. The number of rotatable bonds is 0. The molecule has 0 atom stereocenters. The lowest BCUT2D eigenvalue weighted by Crippen LogP contribution is -1.97. The van der Waals surface area contributed by atoms with E-state index in [2.05, 4.69) is 0 Å². The maximum absolute atomic E-state index is 12.8.